The topological polar surface area (TPSA) is 101 Å². The van der Waals surface area contributed by atoms with Crippen molar-refractivity contribution in [2.24, 2.45) is 0 Å². The lowest BCUT2D eigenvalue weighted by atomic mass is 10.2. The zero-order chi connectivity index (χ0) is 13.0. The number of nitriles is 1. The molecule has 6 nitrogen and oxygen atoms in total. The van der Waals surface area contributed by atoms with Gasteiger partial charge in [0.2, 0.25) is 5.89 Å². The Balaban J connectivity index is 2.09. The molecule has 0 aromatic carbocycles. The van der Waals surface area contributed by atoms with Crippen LogP contribution in [0.3, 0.4) is 0 Å². The van der Waals surface area contributed by atoms with Crippen LogP contribution in [0.2, 0.25) is 0 Å². The number of aryl methyl sites for hydroxylation is 1. The van der Waals surface area contributed by atoms with E-state index in [2.05, 4.69) is 15.3 Å². The van der Waals surface area contributed by atoms with E-state index in [9.17, 15) is 0 Å². The standard InChI is InChI=1S/C12H13N5O/c1-2-9-6-16-10(18-9)7-17-12-11(14)8(5-13)3-4-15-12/h3-4,6H,2,7,14H2,1H3,(H,15,17). The van der Waals surface area contributed by atoms with Crippen LogP contribution in [0.5, 0.6) is 0 Å². The van der Waals surface area contributed by atoms with Gasteiger partial charge in [-0.1, -0.05) is 6.92 Å². The molecule has 6 heteroatoms. The smallest absolute Gasteiger partial charge is 0.213 e. The van der Waals surface area contributed by atoms with Crippen LogP contribution in [0.25, 0.3) is 0 Å². The van der Waals surface area contributed by atoms with Crippen LogP contribution < -0.4 is 11.1 Å². The van der Waals surface area contributed by atoms with E-state index in [1.807, 2.05) is 13.0 Å². The molecule has 0 aliphatic heterocycles. The molecule has 2 heterocycles. The van der Waals surface area contributed by atoms with Crippen molar-refractivity contribution < 1.29 is 4.42 Å². The highest BCUT2D eigenvalue weighted by molar-refractivity contribution is 5.68. The molecule has 0 aliphatic rings. The first-order valence-electron chi connectivity index (χ1n) is 5.56. The van der Waals surface area contributed by atoms with Gasteiger partial charge < -0.3 is 15.5 Å². The average Bonchev–Trinajstić information content (AvgIpc) is 2.85. The Morgan fingerprint density at radius 3 is 3.00 bits per heavy atom. The predicted molar refractivity (Wildman–Crippen MR) is 66.6 cm³/mol. The number of nitrogens with one attached hydrogen (secondary N) is 1. The maximum Gasteiger partial charge on any atom is 0.213 e. The summed E-state index contributed by atoms with van der Waals surface area (Å²) in [5.74, 6) is 1.86. The SMILES string of the molecule is CCc1cnc(CNc2nccc(C#N)c2N)o1. The van der Waals surface area contributed by atoms with Gasteiger partial charge in [-0.05, 0) is 6.07 Å². The van der Waals surface area contributed by atoms with Gasteiger partial charge in [0.05, 0.1) is 24.0 Å². The molecule has 0 aliphatic carbocycles. The normalized spacial score (nSPS) is 10.0. The molecule has 0 saturated carbocycles. The lowest BCUT2D eigenvalue weighted by Gasteiger charge is -2.06. The highest BCUT2D eigenvalue weighted by Gasteiger charge is 2.07. The Labute approximate surface area is 104 Å². The number of hydrogen-bond acceptors (Lipinski definition) is 6. The molecule has 0 atom stereocenters. The van der Waals surface area contributed by atoms with Gasteiger partial charge in [-0.15, -0.1) is 0 Å². The Hall–Kier alpha value is -2.55. The van der Waals surface area contributed by atoms with Crippen molar-refractivity contribution in [3.63, 3.8) is 0 Å². The van der Waals surface area contributed by atoms with Gasteiger partial charge in [0, 0.05) is 12.6 Å². The van der Waals surface area contributed by atoms with E-state index < -0.39 is 0 Å². The first kappa shape index (κ1) is 11.9. The van der Waals surface area contributed by atoms with Crippen molar-refractivity contribution in [2.75, 3.05) is 11.1 Å². The first-order valence-corrected chi connectivity index (χ1v) is 5.56. The Kier molecular flexibility index (Phi) is 3.44. The van der Waals surface area contributed by atoms with Crippen molar-refractivity contribution in [1.82, 2.24) is 9.97 Å². The molecule has 0 amide bonds. The molecule has 2 rings (SSSR count). The zero-order valence-electron chi connectivity index (χ0n) is 9.97. The second-order valence-corrected chi connectivity index (χ2v) is 3.66. The molecular weight excluding hydrogens is 230 g/mol. The lowest BCUT2D eigenvalue weighted by molar-refractivity contribution is 0.465. The number of aromatic nitrogens is 2. The number of rotatable bonds is 4. The second-order valence-electron chi connectivity index (χ2n) is 3.66. The lowest BCUT2D eigenvalue weighted by Crippen LogP contribution is -2.05. The maximum atomic E-state index is 8.85. The summed E-state index contributed by atoms with van der Waals surface area (Å²) in [4.78, 5) is 8.18. The highest BCUT2D eigenvalue weighted by Crippen LogP contribution is 2.19. The van der Waals surface area contributed by atoms with Gasteiger partial charge >= 0.3 is 0 Å². The van der Waals surface area contributed by atoms with E-state index in [4.69, 9.17) is 15.4 Å². The molecule has 18 heavy (non-hydrogen) atoms. The summed E-state index contributed by atoms with van der Waals surface area (Å²) >= 11 is 0. The van der Waals surface area contributed by atoms with E-state index in [1.165, 1.54) is 6.20 Å². The van der Waals surface area contributed by atoms with Crippen molar-refractivity contribution in [3.8, 4) is 6.07 Å². The summed E-state index contributed by atoms with van der Waals surface area (Å²) in [7, 11) is 0. The molecule has 0 unspecified atom stereocenters. The van der Waals surface area contributed by atoms with E-state index in [1.54, 1.807) is 12.3 Å². The molecule has 92 valence electrons. The number of pyridine rings is 1. The minimum atomic E-state index is 0.335. The number of nitrogens with zero attached hydrogens (tertiary/aromatic N) is 3. The zero-order valence-corrected chi connectivity index (χ0v) is 9.97. The molecule has 2 aromatic heterocycles. The molecule has 0 spiro atoms. The summed E-state index contributed by atoms with van der Waals surface area (Å²) in [6.45, 7) is 2.37. The number of nitrogens with two attached hydrogens (primary N) is 1. The molecule has 0 bridgehead atoms. The number of oxazole rings is 1. The van der Waals surface area contributed by atoms with E-state index in [-0.39, 0.29) is 0 Å². The Bertz CT molecular complexity index is 584. The minimum absolute atomic E-state index is 0.335. The van der Waals surface area contributed by atoms with Crippen LogP contribution in [0, 0.1) is 11.3 Å². The molecule has 0 radical (unpaired) electrons. The van der Waals surface area contributed by atoms with E-state index >= 15 is 0 Å². The van der Waals surface area contributed by atoms with Crippen LogP contribution in [0.15, 0.2) is 22.9 Å². The highest BCUT2D eigenvalue weighted by atomic mass is 16.4. The van der Waals surface area contributed by atoms with E-state index in [0.717, 1.165) is 12.2 Å². The van der Waals surface area contributed by atoms with Gasteiger partial charge in [-0.2, -0.15) is 5.26 Å². The van der Waals surface area contributed by atoms with Gasteiger partial charge in [-0.3, -0.25) is 0 Å². The van der Waals surface area contributed by atoms with Gasteiger partial charge in [0.1, 0.15) is 11.8 Å². The third-order valence-electron chi connectivity index (χ3n) is 2.47. The summed E-state index contributed by atoms with van der Waals surface area (Å²) < 4.78 is 5.44. The Morgan fingerprint density at radius 1 is 1.50 bits per heavy atom. The first-order chi connectivity index (χ1) is 8.74. The Morgan fingerprint density at radius 2 is 2.33 bits per heavy atom. The van der Waals surface area contributed by atoms with Crippen LogP contribution in [0.1, 0.15) is 24.1 Å². The van der Waals surface area contributed by atoms with Gasteiger partial charge in [-0.25, -0.2) is 9.97 Å². The van der Waals surface area contributed by atoms with Crippen LogP contribution in [-0.2, 0) is 13.0 Å². The predicted octanol–water partition coefficient (Wildman–Crippen LogP) is 1.70. The maximum absolute atomic E-state index is 8.85. The molecule has 0 saturated heterocycles. The largest absolute Gasteiger partial charge is 0.444 e. The molecule has 0 fully saturated rings. The minimum Gasteiger partial charge on any atom is -0.444 e. The van der Waals surface area contributed by atoms with Crippen LogP contribution in [-0.4, -0.2) is 9.97 Å². The van der Waals surface area contributed by atoms with E-state index in [0.29, 0.717) is 29.5 Å². The van der Waals surface area contributed by atoms with Gasteiger partial charge in [0.25, 0.3) is 0 Å². The van der Waals surface area contributed by atoms with Crippen molar-refractivity contribution in [2.45, 2.75) is 19.9 Å². The monoisotopic (exact) mass is 243 g/mol. The summed E-state index contributed by atoms with van der Waals surface area (Å²) in [6.07, 6.45) is 4.03. The average molecular weight is 243 g/mol. The quantitative estimate of drug-likeness (QED) is 0.847. The molecule has 3 N–H and O–H groups in total. The van der Waals surface area contributed by atoms with Gasteiger partial charge in [0.15, 0.2) is 5.82 Å². The van der Waals surface area contributed by atoms with Crippen LogP contribution in [0.4, 0.5) is 11.5 Å². The summed E-state index contributed by atoms with van der Waals surface area (Å²) in [5, 5.41) is 11.8. The fourth-order valence-corrected chi connectivity index (χ4v) is 1.46. The van der Waals surface area contributed by atoms with Crippen molar-refractivity contribution >= 4 is 11.5 Å². The fourth-order valence-electron chi connectivity index (χ4n) is 1.46. The fraction of sp³-hybridized carbons (Fsp3) is 0.250. The van der Waals surface area contributed by atoms with Crippen molar-refractivity contribution in [3.05, 3.63) is 35.7 Å². The third kappa shape index (κ3) is 2.40. The number of hydrogen-bond donors (Lipinski definition) is 2. The number of anilines is 2. The molecular formula is C12H13N5O. The summed E-state index contributed by atoms with van der Waals surface area (Å²) in [6, 6.07) is 3.57. The number of nitrogen functional groups attached to an aromatic ring is 1. The van der Waals surface area contributed by atoms with Crippen molar-refractivity contribution in [1.29, 1.82) is 5.26 Å². The third-order valence-corrected chi connectivity index (χ3v) is 2.47. The summed E-state index contributed by atoms with van der Waals surface area (Å²) in [5.41, 5.74) is 6.52. The second kappa shape index (κ2) is 5.19. The molecule has 2 aromatic rings. The van der Waals surface area contributed by atoms with Crippen LogP contribution >= 0.6 is 0 Å².